The minimum atomic E-state index is -0.472. The van der Waals surface area contributed by atoms with Gasteiger partial charge in [0.1, 0.15) is 0 Å². The van der Waals surface area contributed by atoms with E-state index in [0.717, 1.165) is 37.1 Å². The fourth-order valence-electron chi connectivity index (χ4n) is 4.14. The summed E-state index contributed by atoms with van der Waals surface area (Å²) in [7, 11) is 0. The van der Waals surface area contributed by atoms with Crippen LogP contribution in [0.15, 0.2) is 46.9 Å². The Morgan fingerprint density at radius 3 is 2.75 bits per heavy atom. The molecule has 3 rings (SSSR count). The summed E-state index contributed by atoms with van der Waals surface area (Å²) >= 11 is 0. The number of nitrogens with zero attached hydrogens (tertiary/aromatic N) is 1. The summed E-state index contributed by atoms with van der Waals surface area (Å²) in [5.41, 5.74) is 3.45. The van der Waals surface area contributed by atoms with E-state index < -0.39 is 5.92 Å². The lowest BCUT2D eigenvalue weighted by atomic mass is 9.69. The van der Waals surface area contributed by atoms with Gasteiger partial charge in [0, 0.05) is 29.6 Å². The maximum Gasteiger partial charge on any atom is 0.336 e. The number of carbonyl (C=O) groups is 2. The Kier molecular flexibility index (Phi) is 6.01. The molecular weight excluding hydrogens is 352 g/mol. The molecular formula is C23H30N2O3. The number of carbonyl (C=O) groups excluding carboxylic acids is 2. The lowest BCUT2D eigenvalue weighted by Gasteiger charge is -2.39. The molecule has 150 valence electrons. The third kappa shape index (κ3) is 4.18. The first-order valence-corrected chi connectivity index (χ1v) is 10.2. The highest BCUT2D eigenvalue weighted by atomic mass is 16.5. The maximum absolute atomic E-state index is 13.1. The van der Waals surface area contributed by atoms with Crippen molar-refractivity contribution in [2.75, 3.05) is 6.61 Å². The molecule has 1 atom stereocenters. The van der Waals surface area contributed by atoms with E-state index in [2.05, 4.69) is 31.1 Å². The Labute approximate surface area is 167 Å². The molecule has 2 heterocycles. The second kappa shape index (κ2) is 8.29. The molecule has 5 nitrogen and oxygen atoms in total. The van der Waals surface area contributed by atoms with Gasteiger partial charge in [-0.05, 0) is 37.3 Å². The average Bonchev–Trinajstić information content (AvgIpc) is 2.63. The van der Waals surface area contributed by atoms with E-state index in [4.69, 9.17) is 4.74 Å². The van der Waals surface area contributed by atoms with Crippen LogP contribution in [0.4, 0.5) is 0 Å². The van der Waals surface area contributed by atoms with E-state index in [0.29, 0.717) is 29.9 Å². The first-order chi connectivity index (χ1) is 13.3. The van der Waals surface area contributed by atoms with Gasteiger partial charge in [0.25, 0.3) is 0 Å². The molecule has 1 N–H and O–H groups in total. The molecule has 5 heteroatoms. The zero-order valence-corrected chi connectivity index (χ0v) is 17.3. The standard InChI is InChI=1S/C23H30N2O3/c1-5-6-9-12-28-22(27)19-15(2)25-17-13-23(3,4)14-18(26)20(17)21(19)16-10-7-8-11-24-16/h7-8,10-11,21,25H,5-6,9,12-14H2,1-4H3/t21-/m0/s1. The molecule has 1 aliphatic heterocycles. The van der Waals surface area contributed by atoms with E-state index in [9.17, 15) is 9.59 Å². The van der Waals surface area contributed by atoms with Crippen LogP contribution in [0.3, 0.4) is 0 Å². The zero-order chi connectivity index (χ0) is 20.3. The molecule has 0 spiro atoms. The van der Waals surface area contributed by atoms with Gasteiger partial charge in [-0.25, -0.2) is 4.79 Å². The minimum Gasteiger partial charge on any atom is -0.462 e. The number of allylic oxidation sites excluding steroid dienone is 3. The van der Waals surface area contributed by atoms with Crippen molar-refractivity contribution in [3.8, 4) is 0 Å². The number of hydrogen-bond donors (Lipinski definition) is 1. The summed E-state index contributed by atoms with van der Waals surface area (Å²) < 4.78 is 5.56. The molecule has 0 aromatic carbocycles. The summed E-state index contributed by atoms with van der Waals surface area (Å²) in [5.74, 6) is -0.751. The third-order valence-corrected chi connectivity index (χ3v) is 5.42. The second-order valence-corrected chi connectivity index (χ2v) is 8.53. The van der Waals surface area contributed by atoms with Crippen molar-refractivity contribution in [1.82, 2.24) is 10.3 Å². The van der Waals surface area contributed by atoms with Crippen LogP contribution < -0.4 is 5.32 Å². The number of Topliss-reactive ketones (excluding diaryl/α,β-unsaturated/α-hetero) is 1. The van der Waals surface area contributed by atoms with Gasteiger partial charge in [0.15, 0.2) is 5.78 Å². The topological polar surface area (TPSA) is 68.3 Å². The van der Waals surface area contributed by atoms with Crippen molar-refractivity contribution in [2.24, 2.45) is 5.41 Å². The molecule has 1 aromatic heterocycles. The SMILES string of the molecule is CCCCCOC(=O)C1=C(C)NC2=C(C(=O)CC(C)(C)C2)[C@H]1c1ccccn1. The van der Waals surface area contributed by atoms with Crippen molar-refractivity contribution < 1.29 is 14.3 Å². The van der Waals surface area contributed by atoms with Gasteiger partial charge in [-0.15, -0.1) is 0 Å². The summed E-state index contributed by atoms with van der Waals surface area (Å²) in [6.07, 6.45) is 5.88. The summed E-state index contributed by atoms with van der Waals surface area (Å²) in [6.45, 7) is 8.59. The highest BCUT2D eigenvalue weighted by molar-refractivity contribution is 6.04. The van der Waals surface area contributed by atoms with Crippen LogP contribution in [0.25, 0.3) is 0 Å². The summed E-state index contributed by atoms with van der Waals surface area (Å²) in [6, 6.07) is 5.61. The van der Waals surface area contributed by atoms with Crippen molar-refractivity contribution >= 4 is 11.8 Å². The number of hydrogen-bond acceptors (Lipinski definition) is 5. The first-order valence-electron chi connectivity index (χ1n) is 10.2. The van der Waals surface area contributed by atoms with Crippen molar-refractivity contribution in [3.63, 3.8) is 0 Å². The number of pyridine rings is 1. The van der Waals surface area contributed by atoms with E-state index in [1.807, 2.05) is 25.1 Å². The maximum atomic E-state index is 13.1. The monoisotopic (exact) mass is 382 g/mol. The van der Waals surface area contributed by atoms with Crippen LogP contribution in [0.1, 0.15) is 71.4 Å². The smallest absolute Gasteiger partial charge is 0.336 e. The molecule has 0 saturated heterocycles. The van der Waals surface area contributed by atoms with Crippen LogP contribution >= 0.6 is 0 Å². The fourth-order valence-corrected chi connectivity index (χ4v) is 4.14. The third-order valence-electron chi connectivity index (χ3n) is 5.42. The number of dihydropyridines is 1. The van der Waals surface area contributed by atoms with Crippen LogP contribution in [-0.2, 0) is 14.3 Å². The summed E-state index contributed by atoms with van der Waals surface area (Å²) in [4.78, 5) is 30.6. The molecule has 0 radical (unpaired) electrons. The van der Waals surface area contributed by atoms with Gasteiger partial charge in [0.2, 0.25) is 0 Å². The number of unbranched alkanes of at least 4 members (excludes halogenated alkanes) is 2. The van der Waals surface area contributed by atoms with E-state index in [1.165, 1.54) is 0 Å². The average molecular weight is 383 g/mol. The van der Waals surface area contributed by atoms with Crippen molar-refractivity contribution in [2.45, 2.75) is 65.7 Å². The molecule has 0 bridgehead atoms. The Morgan fingerprint density at radius 1 is 1.29 bits per heavy atom. The molecule has 1 aliphatic carbocycles. The van der Waals surface area contributed by atoms with Gasteiger partial charge in [-0.3, -0.25) is 9.78 Å². The second-order valence-electron chi connectivity index (χ2n) is 8.53. The molecule has 0 saturated carbocycles. The molecule has 0 amide bonds. The van der Waals surface area contributed by atoms with Gasteiger partial charge >= 0.3 is 5.97 Å². The van der Waals surface area contributed by atoms with Crippen LogP contribution in [0, 0.1) is 5.41 Å². The molecule has 1 aromatic rings. The molecule has 28 heavy (non-hydrogen) atoms. The normalized spacial score (nSPS) is 21.3. The molecule has 0 unspecified atom stereocenters. The van der Waals surface area contributed by atoms with Gasteiger partial charge in [0.05, 0.1) is 23.8 Å². The van der Waals surface area contributed by atoms with Gasteiger partial charge < -0.3 is 10.1 Å². The first kappa shape index (κ1) is 20.3. The van der Waals surface area contributed by atoms with E-state index >= 15 is 0 Å². The Hall–Kier alpha value is -2.43. The lowest BCUT2D eigenvalue weighted by molar-refractivity contribution is -0.139. The van der Waals surface area contributed by atoms with Gasteiger partial charge in [-0.1, -0.05) is 39.7 Å². The number of aromatic nitrogens is 1. The Morgan fingerprint density at radius 2 is 2.07 bits per heavy atom. The predicted molar refractivity (Wildman–Crippen MR) is 108 cm³/mol. The number of ether oxygens (including phenoxy) is 1. The predicted octanol–water partition coefficient (Wildman–Crippen LogP) is 4.42. The van der Waals surface area contributed by atoms with Crippen molar-refractivity contribution in [1.29, 1.82) is 0 Å². The number of rotatable bonds is 6. The Bertz CT molecular complexity index is 822. The fraction of sp³-hybridized carbons (Fsp3) is 0.522. The quantitative estimate of drug-likeness (QED) is 0.583. The lowest BCUT2D eigenvalue weighted by Crippen LogP contribution is -2.39. The van der Waals surface area contributed by atoms with E-state index in [1.54, 1.807) is 6.20 Å². The largest absolute Gasteiger partial charge is 0.462 e. The minimum absolute atomic E-state index is 0.0817. The van der Waals surface area contributed by atoms with Crippen LogP contribution in [0.2, 0.25) is 0 Å². The van der Waals surface area contributed by atoms with Gasteiger partial charge in [-0.2, -0.15) is 0 Å². The number of esters is 1. The zero-order valence-electron chi connectivity index (χ0n) is 17.3. The van der Waals surface area contributed by atoms with Crippen LogP contribution in [0.5, 0.6) is 0 Å². The van der Waals surface area contributed by atoms with Crippen LogP contribution in [-0.4, -0.2) is 23.3 Å². The van der Waals surface area contributed by atoms with E-state index in [-0.39, 0.29) is 17.2 Å². The highest BCUT2D eigenvalue weighted by Crippen LogP contribution is 2.46. The molecule has 2 aliphatic rings. The summed E-state index contributed by atoms with van der Waals surface area (Å²) in [5, 5.41) is 3.35. The highest BCUT2D eigenvalue weighted by Gasteiger charge is 2.43. The molecule has 0 fully saturated rings. The number of nitrogens with one attached hydrogen (secondary N) is 1. The Balaban J connectivity index is 1.99. The number of ketones is 1. The van der Waals surface area contributed by atoms with Crippen molar-refractivity contribution in [3.05, 3.63) is 52.6 Å².